The number of unbranched alkanes of at least 4 members (excludes halogenated alkanes) is 1. The molecule has 0 amide bonds. The second kappa shape index (κ2) is 8.70. The first-order chi connectivity index (χ1) is 11.8. The zero-order valence-electron chi connectivity index (χ0n) is 15.3. The Kier molecular flexibility index (Phi) is 6.36. The molecule has 0 aliphatic heterocycles. The summed E-state index contributed by atoms with van der Waals surface area (Å²) in [6, 6.07) is 10.6. The lowest BCUT2D eigenvalue weighted by molar-refractivity contribution is 0.156. The third-order valence-electron chi connectivity index (χ3n) is 6.81. The zero-order valence-corrected chi connectivity index (χ0v) is 15.3. The number of nitriles is 1. The van der Waals surface area contributed by atoms with Crippen LogP contribution in [0.3, 0.4) is 0 Å². The van der Waals surface area contributed by atoms with Gasteiger partial charge in [-0.15, -0.1) is 0 Å². The molecule has 0 N–H and O–H groups in total. The molecule has 0 heterocycles. The summed E-state index contributed by atoms with van der Waals surface area (Å²) in [6.45, 7) is 2.32. The van der Waals surface area contributed by atoms with Gasteiger partial charge in [-0.05, 0) is 79.9 Å². The van der Waals surface area contributed by atoms with Crippen LogP contribution in [0.25, 0.3) is 0 Å². The predicted octanol–water partition coefficient (Wildman–Crippen LogP) is 6.83. The molecule has 0 radical (unpaired) electrons. The molecule has 0 unspecified atom stereocenters. The van der Waals surface area contributed by atoms with Crippen molar-refractivity contribution >= 4 is 0 Å². The summed E-state index contributed by atoms with van der Waals surface area (Å²) in [7, 11) is 0. The molecule has 0 bridgehead atoms. The van der Waals surface area contributed by atoms with Gasteiger partial charge in [-0.25, -0.2) is 0 Å². The highest BCUT2D eigenvalue weighted by Gasteiger charge is 2.31. The second-order valence-corrected chi connectivity index (χ2v) is 8.27. The van der Waals surface area contributed by atoms with Crippen molar-refractivity contribution in [1.82, 2.24) is 0 Å². The Balaban J connectivity index is 1.44. The summed E-state index contributed by atoms with van der Waals surface area (Å²) in [5, 5.41) is 8.93. The molecule has 1 aromatic rings. The molecule has 130 valence electrons. The van der Waals surface area contributed by atoms with Gasteiger partial charge in [-0.3, -0.25) is 0 Å². The molecule has 3 rings (SSSR count). The summed E-state index contributed by atoms with van der Waals surface area (Å²) in [5.41, 5.74) is 2.24. The number of nitrogens with zero attached hydrogens (tertiary/aromatic N) is 1. The molecule has 24 heavy (non-hydrogen) atoms. The van der Waals surface area contributed by atoms with Gasteiger partial charge in [0.1, 0.15) is 0 Å². The molecule has 0 saturated heterocycles. The van der Waals surface area contributed by atoms with Gasteiger partial charge in [-0.1, -0.05) is 51.2 Å². The molecule has 0 aromatic heterocycles. The van der Waals surface area contributed by atoms with Crippen LogP contribution in [-0.2, 0) is 0 Å². The number of hydrogen-bond donors (Lipinski definition) is 0. The van der Waals surface area contributed by atoms with Crippen molar-refractivity contribution in [3.8, 4) is 6.07 Å². The number of rotatable bonds is 5. The van der Waals surface area contributed by atoms with E-state index in [4.69, 9.17) is 5.26 Å². The Morgan fingerprint density at radius 3 is 2.00 bits per heavy atom. The van der Waals surface area contributed by atoms with Crippen molar-refractivity contribution in [2.75, 3.05) is 0 Å². The first-order valence-corrected chi connectivity index (χ1v) is 10.3. The summed E-state index contributed by atoms with van der Waals surface area (Å²) < 4.78 is 0. The van der Waals surface area contributed by atoms with Gasteiger partial charge in [0.25, 0.3) is 0 Å². The van der Waals surface area contributed by atoms with Crippen LogP contribution in [0.2, 0.25) is 0 Å². The van der Waals surface area contributed by atoms with Crippen LogP contribution in [0.5, 0.6) is 0 Å². The molecule has 2 saturated carbocycles. The Labute approximate surface area is 148 Å². The van der Waals surface area contributed by atoms with Crippen LogP contribution >= 0.6 is 0 Å². The fraction of sp³-hybridized carbons (Fsp3) is 0.696. The van der Waals surface area contributed by atoms with Gasteiger partial charge in [-0.2, -0.15) is 5.26 Å². The third-order valence-corrected chi connectivity index (χ3v) is 6.81. The van der Waals surface area contributed by atoms with Crippen molar-refractivity contribution in [3.05, 3.63) is 35.4 Å². The monoisotopic (exact) mass is 323 g/mol. The highest BCUT2D eigenvalue weighted by Crippen LogP contribution is 2.44. The van der Waals surface area contributed by atoms with Crippen LogP contribution in [0.1, 0.15) is 94.6 Å². The smallest absolute Gasteiger partial charge is 0.0991 e. The van der Waals surface area contributed by atoms with Crippen molar-refractivity contribution in [2.45, 2.75) is 83.5 Å². The minimum atomic E-state index is 0.731. The van der Waals surface area contributed by atoms with Gasteiger partial charge in [0.05, 0.1) is 11.6 Å². The highest BCUT2D eigenvalue weighted by molar-refractivity contribution is 5.33. The van der Waals surface area contributed by atoms with Gasteiger partial charge in [0.2, 0.25) is 0 Å². The van der Waals surface area contributed by atoms with Crippen molar-refractivity contribution in [2.24, 2.45) is 17.8 Å². The van der Waals surface area contributed by atoms with Crippen LogP contribution in [0.4, 0.5) is 0 Å². The molecule has 0 spiro atoms. The lowest BCUT2D eigenvalue weighted by Gasteiger charge is -2.38. The maximum absolute atomic E-state index is 8.93. The largest absolute Gasteiger partial charge is 0.192 e. The van der Waals surface area contributed by atoms with E-state index in [1.165, 1.54) is 76.2 Å². The predicted molar refractivity (Wildman–Crippen MR) is 101 cm³/mol. The quantitative estimate of drug-likeness (QED) is 0.582. The normalized spacial score (nSPS) is 30.7. The van der Waals surface area contributed by atoms with E-state index in [1.807, 2.05) is 12.1 Å². The van der Waals surface area contributed by atoms with Crippen LogP contribution in [-0.4, -0.2) is 0 Å². The van der Waals surface area contributed by atoms with E-state index in [-0.39, 0.29) is 0 Å². The molecule has 1 aromatic carbocycles. The topological polar surface area (TPSA) is 23.8 Å². The van der Waals surface area contributed by atoms with Crippen molar-refractivity contribution < 1.29 is 0 Å². The second-order valence-electron chi connectivity index (χ2n) is 8.27. The number of benzene rings is 1. The third kappa shape index (κ3) is 4.41. The van der Waals surface area contributed by atoms with Gasteiger partial charge >= 0.3 is 0 Å². The van der Waals surface area contributed by atoms with Crippen LogP contribution in [0, 0.1) is 29.1 Å². The molecular formula is C23H33N. The van der Waals surface area contributed by atoms with Gasteiger partial charge in [0.15, 0.2) is 0 Å². The van der Waals surface area contributed by atoms with E-state index in [1.54, 1.807) is 0 Å². The van der Waals surface area contributed by atoms with Crippen LogP contribution in [0.15, 0.2) is 24.3 Å². The van der Waals surface area contributed by atoms with E-state index in [0.717, 1.165) is 29.2 Å². The minimum absolute atomic E-state index is 0.731. The molecule has 1 nitrogen and oxygen atoms in total. The lowest BCUT2D eigenvalue weighted by atomic mass is 9.68. The standard InChI is InChI=1S/C23H33N/c1-2-3-4-18-5-9-20(10-6-18)22-13-15-23(16-14-22)21-11-7-19(17-24)8-12-21/h7-8,11-12,18,20,22-23H,2-6,9-10,13-16H2,1H3/t18-,20-,22?,23?. The molecule has 2 aliphatic rings. The van der Waals surface area contributed by atoms with Crippen molar-refractivity contribution in [3.63, 3.8) is 0 Å². The average Bonchev–Trinajstić information content (AvgIpc) is 2.67. The minimum Gasteiger partial charge on any atom is -0.192 e. The first kappa shape index (κ1) is 17.5. The van der Waals surface area contributed by atoms with Gasteiger partial charge < -0.3 is 0 Å². The Hall–Kier alpha value is -1.29. The van der Waals surface area contributed by atoms with E-state index in [2.05, 4.69) is 25.1 Å². The van der Waals surface area contributed by atoms with Crippen LogP contribution < -0.4 is 0 Å². The summed E-state index contributed by atoms with van der Waals surface area (Å²) >= 11 is 0. The molecular weight excluding hydrogens is 290 g/mol. The highest BCUT2D eigenvalue weighted by atomic mass is 14.4. The van der Waals surface area contributed by atoms with E-state index in [0.29, 0.717) is 0 Å². The SMILES string of the molecule is CCCC[C@H]1CC[C@H](C2CCC(c3ccc(C#N)cc3)CC2)CC1. The Bertz CT molecular complexity index is 522. The zero-order chi connectivity index (χ0) is 16.8. The molecule has 2 fully saturated rings. The fourth-order valence-electron chi connectivity index (χ4n) is 5.19. The van der Waals surface area contributed by atoms with E-state index in [9.17, 15) is 0 Å². The Morgan fingerprint density at radius 2 is 1.46 bits per heavy atom. The first-order valence-electron chi connectivity index (χ1n) is 10.3. The maximum Gasteiger partial charge on any atom is 0.0991 e. The molecule has 2 aliphatic carbocycles. The van der Waals surface area contributed by atoms with E-state index < -0.39 is 0 Å². The molecule has 1 heteroatoms. The van der Waals surface area contributed by atoms with Crippen molar-refractivity contribution in [1.29, 1.82) is 5.26 Å². The average molecular weight is 324 g/mol. The van der Waals surface area contributed by atoms with E-state index >= 15 is 0 Å². The lowest BCUT2D eigenvalue weighted by Crippen LogP contribution is -2.25. The summed E-state index contributed by atoms with van der Waals surface area (Å²) in [4.78, 5) is 0. The maximum atomic E-state index is 8.93. The fourth-order valence-corrected chi connectivity index (χ4v) is 5.19. The molecule has 0 atom stereocenters. The Morgan fingerprint density at radius 1 is 0.875 bits per heavy atom. The van der Waals surface area contributed by atoms with Gasteiger partial charge in [0, 0.05) is 0 Å². The summed E-state index contributed by atoms with van der Waals surface area (Å²) in [5.74, 6) is 3.78. The number of hydrogen-bond acceptors (Lipinski definition) is 1. The summed E-state index contributed by atoms with van der Waals surface area (Å²) in [6.07, 6.45) is 15.8.